The van der Waals surface area contributed by atoms with Crippen LogP contribution >= 0.6 is 11.8 Å². The first-order valence-corrected chi connectivity index (χ1v) is 8.26. The number of nitrogen functional groups attached to an aromatic ring is 1. The van der Waals surface area contributed by atoms with Crippen LogP contribution in [0.4, 0.5) is 5.82 Å². The zero-order chi connectivity index (χ0) is 14.5. The van der Waals surface area contributed by atoms with Crippen LogP contribution in [0.2, 0.25) is 0 Å². The average Bonchev–Trinajstić information content (AvgIpc) is 2.94. The molecule has 0 radical (unpaired) electrons. The minimum absolute atomic E-state index is 0.551. The molecule has 0 bridgehead atoms. The largest absolute Gasteiger partial charge is 0.384 e. The lowest BCUT2D eigenvalue weighted by atomic mass is 10.2. The van der Waals surface area contributed by atoms with Crippen molar-refractivity contribution in [2.75, 3.05) is 24.6 Å². The van der Waals surface area contributed by atoms with Crippen LogP contribution in [0.3, 0.4) is 0 Å². The third kappa shape index (κ3) is 4.19. The number of anilines is 1. The summed E-state index contributed by atoms with van der Waals surface area (Å²) in [6, 6.07) is 12.3. The molecule has 0 unspecified atom stereocenters. The molecule has 1 aromatic heterocycles. The predicted molar refractivity (Wildman–Crippen MR) is 87.0 cm³/mol. The van der Waals surface area contributed by atoms with Crippen molar-refractivity contribution in [3.05, 3.63) is 48.4 Å². The van der Waals surface area contributed by atoms with Crippen molar-refractivity contribution in [1.82, 2.24) is 14.9 Å². The molecule has 110 valence electrons. The Hall–Kier alpha value is -1.59. The van der Waals surface area contributed by atoms with Gasteiger partial charge >= 0.3 is 0 Å². The maximum absolute atomic E-state index is 5.70. The molecular weight excluding hydrogens is 280 g/mol. The van der Waals surface area contributed by atoms with Crippen molar-refractivity contribution in [3.8, 4) is 0 Å². The van der Waals surface area contributed by atoms with E-state index in [0.29, 0.717) is 5.82 Å². The second-order valence-electron chi connectivity index (χ2n) is 5.41. The molecule has 3 rings (SSSR count). The van der Waals surface area contributed by atoms with Gasteiger partial charge < -0.3 is 5.73 Å². The number of thioether (sulfide) groups is 1. The number of aromatic nitrogens is 2. The van der Waals surface area contributed by atoms with Crippen molar-refractivity contribution in [3.63, 3.8) is 0 Å². The van der Waals surface area contributed by atoms with Gasteiger partial charge in [0.05, 0.1) is 6.54 Å². The van der Waals surface area contributed by atoms with Crippen molar-refractivity contribution < 1.29 is 0 Å². The van der Waals surface area contributed by atoms with Crippen LogP contribution in [0.15, 0.2) is 47.5 Å². The van der Waals surface area contributed by atoms with Gasteiger partial charge in [-0.1, -0.05) is 18.2 Å². The SMILES string of the molecule is Nc1ccnc(CN2CC[C@@H](CSc3ccccc3)C2)n1. The molecule has 2 aromatic rings. The Labute approximate surface area is 129 Å². The molecule has 1 atom stereocenters. The Bertz CT molecular complexity index is 575. The Morgan fingerprint density at radius 2 is 2.10 bits per heavy atom. The smallest absolute Gasteiger partial charge is 0.144 e. The van der Waals surface area contributed by atoms with Crippen molar-refractivity contribution in [2.45, 2.75) is 17.9 Å². The molecule has 2 heterocycles. The van der Waals surface area contributed by atoms with Gasteiger partial charge in [-0.25, -0.2) is 9.97 Å². The average molecular weight is 300 g/mol. The van der Waals surface area contributed by atoms with E-state index in [1.54, 1.807) is 12.3 Å². The van der Waals surface area contributed by atoms with E-state index in [0.717, 1.165) is 31.4 Å². The van der Waals surface area contributed by atoms with Crippen LogP contribution in [0, 0.1) is 5.92 Å². The van der Waals surface area contributed by atoms with Crippen LogP contribution < -0.4 is 5.73 Å². The van der Waals surface area contributed by atoms with Crippen molar-refractivity contribution in [2.24, 2.45) is 5.92 Å². The quantitative estimate of drug-likeness (QED) is 0.860. The standard InChI is InChI=1S/C16H20N4S/c17-15-6-8-18-16(19-15)11-20-9-7-13(10-20)12-21-14-4-2-1-3-5-14/h1-6,8,13H,7,9-12H2,(H2,17,18,19)/t13-/m1/s1. The van der Waals surface area contributed by atoms with E-state index in [4.69, 9.17) is 5.73 Å². The first-order valence-electron chi connectivity index (χ1n) is 7.27. The van der Waals surface area contributed by atoms with Crippen LogP contribution in [-0.2, 0) is 6.54 Å². The van der Waals surface area contributed by atoms with Crippen LogP contribution in [0.25, 0.3) is 0 Å². The van der Waals surface area contributed by atoms with Crippen molar-refractivity contribution in [1.29, 1.82) is 0 Å². The van der Waals surface area contributed by atoms with Crippen LogP contribution in [0.1, 0.15) is 12.2 Å². The number of hydrogen-bond acceptors (Lipinski definition) is 5. The summed E-state index contributed by atoms with van der Waals surface area (Å²) in [5, 5.41) is 0. The lowest BCUT2D eigenvalue weighted by molar-refractivity contribution is 0.313. The summed E-state index contributed by atoms with van der Waals surface area (Å²) in [4.78, 5) is 12.3. The monoisotopic (exact) mass is 300 g/mol. The highest BCUT2D eigenvalue weighted by Gasteiger charge is 2.23. The zero-order valence-electron chi connectivity index (χ0n) is 12.0. The number of benzene rings is 1. The third-order valence-corrected chi connectivity index (χ3v) is 4.93. The topological polar surface area (TPSA) is 55.0 Å². The van der Waals surface area contributed by atoms with Gasteiger partial charge in [0.1, 0.15) is 11.6 Å². The molecule has 0 spiro atoms. The lowest BCUT2D eigenvalue weighted by Crippen LogP contribution is -2.22. The summed E-state index contributed by atoms with van der Waals surface area (Å²) in [5.41, 5.74) is 5.70. The number of nitrogens with two attached hydrogens (primary N) is 1. The molecule has 21 heavy (non-hydrogen) atoms. The molecule has 4 nitrogen and oxygen atoms in total. The molecule has 2 N–H and O–H groups in total. The fraction of sp³-hybridized carbons (Fsp3) is 0.375. The molecule has 1 aliphatic rings. The summed E-state index contributed by atoms with van der Waals surface area (Å²) in [6.45, 7) is 3.05. The fourth-order valence-corrected chi connectivity index (χ4v) is 3.66. The Kier molecular flexibility index (Phi) is 4.72. The van der Waals surface area contributed by atoms with E-state index in [9.17, 15) is 0 Å². The summed E-state index contributed by atoms with van der Waals surface area (Å²) in [5.74, 6) is 3.30. The summed E-state index contributed by atoms with van der Waals surface area (Å²) >= 11 is 1.95. The van der Waals surface area contributed by atoms with E-state index < -0.39 is 0 Å². The van der Waals surface area contributed by atoms with Gasteiger partial charge in [0.15, 0.2) is 0 Å². The molecule has 5 heteroatoms. The molecule has 0 saturated carbocycles. The van der Waals surface area contributed by atoms with Gasteiger partial charge in [-0.15, -0.1) is 11.8 Å². The normalized spacial score (nSPS) is 19.0. The first kappa shape index (κ1) is 14.4. The van der Waals surface area contributed by atoms with Gasteiger partial charge in [-0.05, 0) is 37.1 Å². The first-order chi connectivity index (χ1) is 10.3. The Morgan fingerprint density at radius 1 is 1.24 bits per heavy atom. The van der Waals surface area contributed by atoms with Gasteiger partial charge in [-0.3, -0.25) is 4.90 Å². The number of nitrogens with zero attached hydrogens (tertiary/aromatic N) is 3. The highest BCUT2D eigenvalue weighted by atomic mass is 32.2. The van der Waals surface area contributed by atoms with E-state index in [2.05, 4.69) is 45.2 Å². The Balaban J connectivity index is 1.47. The van der Waals surface area contributed by atoms with E-state index in [1.165, 1.54) is 17.1 Å². The number of rotatable bonds is 5. The van der Waals surface area contributed by atoms with Crippen LogP contribution in [0.5, 0.6) is 0 Å². The molecular formula is C16H20N4S. The zero-order valence-corrected chi connectivity index (χ0v) is 12.8. The van der Waals surface area contributed by atoms with Gasteiger partial charge in [0.25, 0.3) is 0 Å². The maximum Gasteiger partial charge on any atom is 0.144 e. The third-order valence-electron chi connectivity index (χ3n) is 3.69. The minimum Gasteiger partial charge on any atom is -0.384 e. The van der Waals surface area contributed by atoms with Gasteiger partial charge in [0, 0.05) is 23.4 Å². The second-order valence-corrected chi connectivity index (χ2v) is 6.51. The molecule has 1 saturated heterocycles. The van der Waals surface area contributed by atoms with E-state index in [-0.39, 0.29) is 0 Å². The maximum atomic E-state index is 5.70. The molecule has 0 aliphatic carbocycles. The highest BCUT2D eigenvalue weighted by molar-refractivity contribution is 7.99. The van der Waals surface area contributed by atoms with Crippen molar-refractivity contribution >= 4 is 17.6 Å². The Morgan fingerprint density at radius 3 is 2.90 bits per heavy atom. The molecule has 1 aliphatic heterocycles. The van der Waals surface area contributed by atoms with E-state index in [1.807, 2.05) is 11.8 Å². The highest BCUT2D eigenvalue weighted by Crippen LogP contribution is 2.26. The number of hydrogen-bond donors (Lipinski definition) is 1. The van der Waals surface area contributed by atoms with Gasteiger partial charge in [0.2, 0.25) is 0 Å². The molecule has 1 fully saturated rings. The van der Waals surface area contributed by atoms with Crippen LogP contribution in [-0.4, -0.2) is 33.7 Å². The summed E-state index contributed by atoms with van der Waals surface area (Å²) < 4.78 is 0. The van der Waals surface area contributed by atoms with Gasteiger partial charge in [-0.2, -0.15) is 0 Å². The number of likely N-dealkylation sites (tertiary alicyclic amines) is 1. The fourth-order valence-electron chi connectivity index (χ4n) is 2.61. The second kappa shape index (κ2) is 6.91. The molecule has 0 amide bonds. The molecule has 1 aromatic carbocycles. The van der Waals surface area contributed by atoms with E-state index >= 15 is 0 Å². The summed E-state index contributed by atoms with van der Waals surface area (Å²) in [7, 11) is 0. The summed E-state index contributed by atoms with van der Waals surface area (Å²) in [6.07, 6.45) is 2.98. The lowest BCUT2D eigenvalue weighted by Gasteiger charge is -2.15. The predicted octanol–water partition coefficient (Wildman–Crippen LogP) is 2.67. The minimum atomic E-state index is 0.551.